The number of ketones is 1. The van der Waals surface area contributed by atoms with Gasteiger partial charge in [0, 0.05) is 11.6 Å². The maximum absolute atomic E-state index is 13.1. The van der Waals surface area contributed by atoms with Crippen molar-refractivity contribution >= 4 is 5.78 Å². The fourth-order valence-electron chi connectivity index (χ4n) is 4.15. The summed E-state index contributed by atoms with van der Waals surface area (Å²) in [6.07, 6.45) is 3.82. The first kappa shape index (κ1) is 18.1. The summed E-state index contributed by atoms with van der Waals surface area (Å²) in [7, 11) is 0. The quantitative estimate of drug-likeness (QED) is 0.642. The third-order valence-electron chi connectivity index (χ3n) is 5.59. The molecule has 1 atom stereocenters. The highest BCUT2D eigenvalue weighted by atomic mass is 16.5. The number of piperidine rings is 1. The van der Waals surface area contributed by atoms with Gasteiger partial charge in [0.2, 0.25) is 0 Å². The van der Waals surface area contributed by atoms with Crippen LogP contribution >= 0.6 is 0 Å². The lowest BCUT2D eigenvalue weighted by Crippen LogP contribution is -2.40. The highest BCUT2D eigenvalue weighted by molar-refractivity contribution is 6.23. The molecule has 2 aliphatic rings. The Morgan fingerprint density at radius 2 is 1.70 bits per heavy atom. The second-order valence-electron chi connectivity index (χ2n) is 7.38. The van der Waals surface area contributed by atoms with E-state index in [-0.39, 0.29) is 5.78 Å². The highest BCUT2D eigenvalue weighted by Crippen LogP contribution is 2.45. The second-order valence-corrected chi connectivity index (χ2v) is 7.38. The van der Waals surface area contributed by atoms with Gasteiger partial charge in [0.05, 0.1) is 12.2 Å². The van der Waals surface area contributed by atoms with Crippen LogP contribution in [0.2, 0.25) is 0 Å². The molecule has 0 amide bonds. The SMILES string of the molecule is CCOc1ccc2c(c1OCC(C)N1CCCCC1)C(=O)c1ccccc1-2. The van der Waals surface area contributed by atoms with Crippen molar-refractivity contribution in [1.82, 2.24) is 4.90 Å². The first-order valence-electron chi connectivity index (χ1n) is 10.0. The zero-order chi connectivity index (χ0) is 18.8. The maximum atomic E-state index is 13.1. The molecule has 4 nitrogen and oxygen atoms in total. The molecule has 0 N–H and O–H groups in total. The fourth-order valence-corrected chi connectivity index (χ4v) is 4.15. The van der Waals surface area contributed by atoms with E-state index in [0.29, 0.717) is 36.3 Å². The summed E-state index contributed by atoms with van der Waals surface area (Å²) in [4.78, 5) is 15.5. The van der Waals surface area contributed by atoms with E-state index in [1.54, 1.807) is 0 Å². The molecule has 1 saturated heterocycles. The van der Waals surface area contributed by atoms with Gasteiger partial charge in [-0.3, -0.25) is 9.69 Å². The molecule has 0 radical (unpaired) electrons. The van der Waals surface area contributed by atoms with E-state index >= 15 is 0 Å². The zero-order valence-corrected chi connectivity index (χ0v) is 16.2. The van der Waals surface area contributed by atoms with E-state index < -0.39 is 0 Å². The van der Waals surface area contributed by atoms with Gasteiger partial charge < -0.3 is 9.47 Å². The van der Waals surface area contributed by atoms with Gasteiger partial charge in [-0.15, -0.1) is 0 Å². The van der Waals surface area contributed by atoms with Crippen molar-refractivity contribution in [3.8, 4) is 22.6 Å². The monoisotopic (exact) mass is 365 g/mol. The van der Waals surface area contributed by atoms with Gasteiger partial charge in [-0.1, -0.05) is 30.7 Å². The average Bonchev–Trinajstić information content (AvgIpc) is 3.00. The van der Waals surface area contributed by atoms with Crippen molar-refractivity contribution in [2.75, 3.05) is 26.3 Å². The number of carbonyl (C=O) groups excluding carboxylic acids is 1. The highest BCUT2D eigenvalue weighted by Gasteiger charge is 2.32. The van der Waals surface area contributed by atoms with Crippen molar-refractivity contribution in [2.45, 2.75) is 39.2 Å². The molecular weight excluding hydrogens is 338 g/mol. The third kappa shape index (κ3) is 3.34. The van der Waals surface area contributed by atoms with Crippen molar-refractivity contribution in [3.63, 3.8) is 0 Å². The zero-order valence-electron chi connectivity index (χ0n) is 16.2. The normalized spacial score (nSPS) is 17.3. The second kappa shape index (κ2) is 7.73. The van der Waals surface area contributed by atoms with E-state index in [2.05, 4.69) is 11.8 Å². The van der Waals surface area contributed by atoms with Crippen LogP contribution in [0.5, 0.6) is 11.5 Å². The van der Waals surface area contributed by atoms with Gasteiger partial charge in [-0.25, -0.2) is 0 Å². The number of fused-ring (bicyclic) bond motifs is 3. The minimum atomic E-state index is 0.0304. The van der Waals surface area contributed by atoms with Crippen LogP contribution in [0.15, 0.2) is 36.4 Å². The molecule has 1 fully saturated rings. The van der Waals surface area contributed by atoms with E-state index in [4.69, 9.17) is 9.47 Å². The van der Waals surface area contributed by atoms with Gasteiger partial charge in [-0.05, 0) is 63.0 Å². The van der Waals surface area contributed by atoms with E-state index in [9.17, 15) is 4.79 Å². The summed E-state index contributed by atoms with van der Waals surface area (Å²) in [6.45, 7) is 7.49. The predicted molar refractivity (Wildman–Crippen MR) is 107 cm³/mol. The van der Waals surface area contributed by atoms with Gasteiger partial charge in [0.15, 0.2) is 17.3 Å². The first-order valence-corrected chi connectivity index (χ1v) is 10.0. The minimum Gasteiger partial charge on any atom is -0.490 e. The lowest BCUT2D eigenvalue weighted by molar-refractivity contribution is 0.102. The molecule has 0 aromatic heterocycles. The topological polar surface area (TPSA) is 38.8 Å². The summed E-state index contributed by atoms with van der Waals surface area (Å²) < 4.78 is 12.1. The molecule has 27 heavy (non-hydrogen) atoms. The van der Waals surface area contributed by atoms with Crippen LogP contribution < -0.4 is 9.47 Å². The van der Waals surface area contributed by atoms with Gasteiger partial charge >= 0.3 is 0 Å². The molecule has 4 heteroatoms. The smallest absolute Gasteiger partial charge is 0.198 e. The molecule has 0 saturated carbocycles. The van der Waals surface area contributed by atoms with Crippen LogP contribution in [0.3, 0.4) is 0 Å². The minimum absolute atomic E-state index is 0.0304. The van der Waals surface area contributed by atoms with Crippen molar-refractivity contribution < 1.29 is 14.3 Å². The number of likely N-dealkylation sites (tertiary alicyclic amines) is 1. The summed E-state index contributed by atoms with van der Waals surface area (Å²) in [5, 5.41) is 0. The Bertz CT molecular complexity index is 840. The lowest BCUT2D eigenvalue weighted by Gasteiger charge is -2.32. The first-order chi connectivity index (χ1) is 13.2. The van der Waals surface area contributed by atoms with Crippen LogP contribution in [0, 0.1) is 0 Å². The standard InChI is InChI=1S/C23H27NO3/c1-3-26-20-12-11-18-17-9-5-6-10-19(17)22(25)21(18)23(20)27-15-16(2)24-13-7-4-8-14-24/h5-6,9-12,16H,3-4,7-8,13-15H2,1-2H3. The van der Waals surface area contributed by atoms with Crippen molar-refractivity contribution in [3.05, 3.63) is 47.5 Å². The van der Waals surface area contributed by atoms with Crippen LogP contribution in [0.25, 0.3) is 11.1 Å². The molecule has 2 aromatic rings. The Balaban J connectivity index is 1.64. The predicted octanol–water partition coefficient (Wildman–Crippen LogP) is 4.55. The molecule has 0 bridgehead atoms. The molecule has 1 aliphatic carbocycles. The van der Waals surface area contributed by atoms with E-state index in [1.807, 2.05) is 43.3 Å². The maximum Gasteiger partial charge on any atom is 0.198 e. The number of ether oxygens (including phenoxy) is 2. The Kier molecular flexibility index (Phi) is 5.17. The molecule has 1 aliphatic heterocycles. The van der Waals surface area contributed by atoms with Crippen LogP contribution in [0.1, 0.15) is 49.0 Å². The molecule has 2 aromatic carbocycles. The summed E-state index contributed by atoms with van der Waals surface area (Å²) >= 11 is 0. The molecular formula is C23H27NO3. The Hall–Kier alpha value is -2.33. The molecule has 1 unspecified atom stereocenters. The summed E-state index contributed by atoms with van der Waals surface area (Å²) in [5.41, 5.74) is 3.32. The Morgan fingerprint density at radius 3 is 2.44 bits per heavy atom. The lowest BCUT2D eigenvalue weighted by atomic mass is 10.0. The number of rotatable bonds is 6. The summed E-state index contributed by atoms with van der Waals surface area (Å²) in [5.74, 6) is 1.28. The fraction of sp³-hybridized carbons (Fsp3) is 0.435. The largest absolute Gasteiger partial charge is 0.490 e. The molecule has 4 rings (SSSR count). The number of hydrogen-bond donors (Lipinski definition) is 0. The summed E-state index contributed by atoms with van der Waals surface area (Å²) in [6, 6.07) is 12.0. The van der Waals surface area contributed by atoms with Gasteiger partial charge in [-0.2, -0.15) is 0 Å². The van der Waals surface area contributed by atoms with Crippen LogP contribution in [-0.2, 0) is 0 Å². The van der Waals surface area contributed by atoms with Gasteiger partial charge in [0.1, 0.15) is 6.61 Å². The Labute approximate surface area is 161 Å². The van der Waals surface area contributed by atoms with Gasteiger partial charge in [0.25, 0.3) is 0 Å². The van der Waals surface area contributed by atoms with Crippen LogP contribution in [0.4, 0.5) is 0 Å². The van der Waals surface area contributed by atoms with Crippen LogP contribution in [-0.4, -0.2) is 43.0 Å². The van der Waals surface area contributed by atoms with E-state index in [1.165, 1.54) is 19.3 Å². The average molecular weight is 365 g/mol. The van der Waals surface area contributed by atoms with Crippen molar-refractivity contribution in [1.29, 1.82) is 0 Å². The number of hydrogen-bond acceptors (Lipinski definition) is 4. The number of nitrogens with zero attached hydrogens (tertiary/aromatic N) is 1. The van der Waals surface area contributed by atoms with E-state index in [0.717, 1.165) is 29.8 Å². The third-order valence-corrected chi connectivity index (χ3v) is 5.59. The molecule has 0 spiro atoms. The molecule has 142 valence electrons. The molecule has 1 heterocycles. The number of benzene rings is 2. The Morgan fingerprint density at radius 1 is 0.963 bits per heavy atom. The van der Waals surface area contributed by atoms with Crippen molar-refractivity contribution in [2.24, 2.45) is 0 Å². The number of carbonyl (C=O) groups is 1.